The first kappa shape index (κ1) is 36.8. The zero-order valence-corrected chi connectivity index (χ0v) is 28.3. The number of hydrogen-bond donors (Lipinski definition) is 3. The van der Waals surface area contributed by atoms with Crippen molar-refractivity contribution in [1.29, 1.82) is 5.41 Å². The Morgan fingerprint density at radius 3 is 1.98 bits per heavy atom. The average molecular weight is 651 g/mol. The van der Waals surface area contributed by atoms with Gasteiger partial charge in [0, 0.05) is 31.7 Å². The fourth-order valence-electron chi connectivity index (χ4n) is 5.02. The van der Waals surface area contributed by atoms with Crippen molar-refractivity contribution >= 4 is 40.4 Å². The number of hydrogen-bond acceptors (Lipinski definition) is 6. The molecule has 1 aliphatic rings. The summed E-state index contributed by atoms with van der Waals surface area (Å²) in [5, 5.41) is 8.91. The topological polar surface area (TPSA) is 149 Å². The van der Waals surface area contributed by atoms with Crippen molar-refractivity contribution in [2.45, 2.75) is 77.7 Å². The third kappa shape index (κ3) is 8.86. The van der Waals surface area contributed by atoms with Gasteiger partial charge in [-0.15, -0.1) is 17.2 Å². The second-order valence-electron chi connectivity index (χ2n) is 11.7. The van der Waals surface area contributed by atoms with E-state index >= 15 is 0 Å². The van der Waals surface area contributed by atoms with Crippen LogP contribution in [0.25, 0.3) is 0 Å². The van der Waals surface area contributed by atoms with Crippen molar-refractivity contribution in [3.8, 4) is 0 Å². The lowest BCUT2D eigenvalue weighted by Crippen LogP contribution is -2.57. The van der Waals surface area contributed by atoms with Gasteiger partial charge in [0.2, 0.25) is 0 Å². The van der Waals surface area contributed by atoms with Gasteiger partial charge in [-0.25, -0.2) is 23.0 Å². The number of carbonyl (C=O) groups excluding carboxylic acids is 2. The third-order valence-corrected chi connectivity index (χ3v) is 8.93. The Morgan fingerprint density at radius 1 is 0.955 bits per heavy atom. The van der Waals surface area contributed by atoms with Crippen LogP contribution < -0.4 is 10.6 Å². The molecule has 0 bridgehead atoms. The van der Waals surface area contributed by atoms with Gasteiger partial charge in [-0.3, -0.25) is 5.41 Å². The van der Waals surface area contributed by atoms with Crippen LogP contribution in [-0.4, -0.2) is 74.0 Å². The minimum atomic E-state index is -4.24. The number of ether oxygens (including phenoxy) is 1. The Labute approximate surface area is 268 Å². The number of nitrogen functional groups attached to an aromatic ring is 1. The van der Waals surface area contributed by atoms with E-state index in [1.807, 2.05) is 39.8 Å². The highest BCUT2D eigenvalue weighted by Gasteiger charge is 2.33. The number of hydrazine groups is 1. The lowest BCUT2D eigenvalue weighted by Gasteiger charge is -2.37. The van der Waals surface area contributed by atoms with E-state index in [0.717, 1.165) is 10.6 Å². The molecule has 1 fully saturated rings. The molecule has 1 aliphatic heterocycles. The van der Waals surface area contributed by atoms with Crippen molar-refractivity contribution < 1.29 is 22.7 Å². The Kier molecular flexibility index (Phi) is 13.0. The Morgan fingerprint density at radius 2 is 1.50 bits per heavy atom. The average Bonchev–Trinajstić information content (AvgIpc) is 2.95. The summed E-state index contributed by atoms with van der Waals surface area (Å²) >= 11 is 0. The number of urea groups is 1. The van der Waals surface area contributed by atoms with Crippen molar-refractivity contribution in [3.63, 3.8) is 0 Å². The van der Waals surface area contributed by atoms with Gasteiger partial charge in [0.05, 0.1) is 18.0 Å². The number of benzene rings is 2. The molecule has 3 rings (SSSR count). The number of amides is 3. The number of sulfonamides is 1. The molecule has 0 atom stereocenters. The molecule has 0 saturated carbocycles. The van der Waals surface area contributed by atoms with Crippen LogP contribution in [0.3, 0.4) is 0 Å². The maximum atomic E-state index is 14.3. The van der Waals surface area contributed by atoms with Crippen LogP contribution in [-0.2, 0) is 21.3 Å². The molecule has 44 heavy (non-hydrogen) atoms. The number of nitrogens with two attached hydrogens (primary N) is 1. The van der Waals surface area contributed by atoms with E-state index in [9.17, 15) is 18.0 Å². The molecule has 2 aromatic rings. The summed E-state index contributed by atoms with van der Waals surface area (Å²) in [6.45, 7) is 14.8. The molecule has 0 aliphatic carbocycles. The van der Waals surface area contributed by atoms with Gasteiger partial charge in [-0.2, -0.15) is 0 Å². The van der Waals surface area contributed by atoms with Crippen LogP contribution in [0.2, 0.25) is 0 Å². The molecule has 0 spiro atoms. The van der Waals surface area contributed by atoms with E-state index in [0.29, 0.717) is 22.3 Å². The highest BCUT2D eigenvalue weighted by atomic mass is 35.5. The predicted molar refractivity (Wildman–Crippen MR) is 175 cm³/mol. The first-order valence-electron chi connectivity index (χ1n) is 14.8. The van der Waals surface area contributed by atoms with E-state index in [1.165, 1.54) is 9.80 Å². The number of rotatable bonds is 10. The van der Waals surface area contributed by atoms with E-state index in [2.05, 4.69) is 18.7 Å². The standard InChI is InChI=1S/C31H46N6O5S.ClH/c1-8-42-31(39)36-14-12-35(13-15-36)30(38)37(19-23-10-9-11-24(16-23)29(32)33)34-43(40,41)28-26(21(4)5)17-25(20(2)3)18-27(28)22(6)7;/h9-11,16-18,20-22,34H,8,12-15,19H2,1-7H3,(H3,32,33);1H. The van der Waals surface area contributed by atoms with Crippen LogP contribution in [0.15, 0.2) is 41.3 Å². The molecule has 0 radical (unpaired) electrons. The number of nitrogens with one attached hydrogen (secondary N) is 2. The number of nitrogens with zero attached hydrogens (tertiary/aromatic N) is 3. The zero-order chi connectivity index (χ0) is 32.1. The second kappa shape index (κ2) is 15.6. The van der Waals surface area contributed by atoms with Crippen molar-refractivity contribution in [2.24, 2.45) is 5.73 Å². The summed E-state index contributed by atoms with van der Waals surface area (Å²) in [7, 11) is -4.24. The third-order valence-electron chi connectivity index (χ3n) is 7.46. The minimum Gasteiger partial charge on any atom is -0.450 e. The summed E-state index contributed by atoms with van der Waals surface area (Å²) in [5.74, 6) is -0.103. The van der Waals surface area contributed by atoms with Gasteiger partial charge in [-0.1, -0.05) is 71.9 Å². The molecule has 1 saturated heterocycles. The van der Waals surface area contributed by atoms with Crippen molar-refractivity contribution in [2.75, 3.05) is 32.8 Å². The molecule has 0 unspecified atom stereocenters. The molecule has 2 aromatic carbocycles. The van der Waals surface area contributed by atoms with E-state index < -0.39 is 22.1 Å². The quantitative estimate of drug-likeness (QED) is 0.179. The van der Waals surface area contributed by atoms with E-state index in [4.69, 9.17) is 15.9 Å². The van der Waals surface area contributed by atoms with E-state index in [1.54, 1.807) is 31.2 Å². The van der Waals surface area contributed by atoms with Crippen LogP contribution in [0, 0.1) is 5.41 Å². The lowest BCUT2D eigenvalue weighted by molar-refractivity contribution is 0.0761. The normalized spacial score (nSPS) is 13.7. The second-order valence-corrected chi connectivity index (χ2v) is 13.3. The van der Waals surface area contributed by atoms with Crippen LogP contribution in [0.1, 0.15) is 94.0 Å². The smallest absolute Gasteiger partial charge is 0.409 e. The molecule has 3 amide bonds. The van der Waals surface area contributed by atoms with Gasteiger partial charge in [0.25, 0.3) is 10.0 Å². The lowest BCUT2D eigenvalue weighted by atomic mass is 9.89. The molecular weight excluding hydrogens is 604 g/mol. The predicted octanol–water partition coefficient (Wildman–Crippen LogP) is 5.35. The summed E-state index contributed by atoms with van der Waals surface area (Å²) in [6, 6.07) is 10.1. The number of halogens is 1. The highest BCUT2D eigenvalue weighted by Crippen LogP contribution is 2.35. The summed E-state index contributed by atoms with van der Waals surface area (Å²) < 4.78 is 33.7. The maximum absolute atomic E-state index is 14.3. The summed E-state index contributed by atoms with van der Waals surface area (Å²) in [5.41, 5.74) is 9.19. The van der Waals surface area contributed by atoms with Crippen LogP contribution >= 0.6 is 12.4 Å². The molecule has 13 heteroatoms. The first-order chi connectivity index (χ1) is 20.2. The monoisotopic (exact) mass is 650 g/mol. The molecule has 0 aromatic heterocycles. The number of carbonyl (C=O) groups is 2. The van der Waals surface area contributed by atoms with Crippen molar-refractivity contribution in [1.82, 2.24) is 19.6 Å². The van der Waals surface area contributed by atoms with Gasteiger partial charge in [0.15, 0.2) is 0 Å². The molecule has 11 nitrogen and oxygen atoms in total. The van der Waals surface area contributed by atoms with Gasteiger partial charge >= 0.3 is 12.1 Å². The Bertz CT molecular complexity index is 1410. The van der Waals surface area contributed by atoms with Crippen molar-refractivity contribution in [3.05, 3.63) is 64.2 Å². The molecule has 244 valence electrons. The SMILES string of the molecule is CCOC(=O)N1CCN(C(=O)N(Cc2cccc(C(=N)N)c2)NS(=O)(=O)c2c(C(C)C)cc(C(C)C)cc2C(C)C)CC1.Cl. The molecular formula is C31H47ClN6O5S. The van der Waals surface area contributed by atoms with Gasteiger partial charge < -0.3 is 20.3 Å². The summed E-state index contributed by atoms with van der Waals surface area (Å²) in [4.78, 5) is 32.0. The van der Waals surface area contributed by atoms with Gasteiger partial charge in [-0.05, 0) is 53.0 Å². The number of piperazine rings is 1. The highest BCUT2D eigenvalue weighted by molar-refractivity contribution is 7.89. The van der Waals surface area contributed by atoms with E-state index in [-0.39, 0.29) is 80.2 Å². The minimum absolute atomic E-state index is 0. The van der Waals surface area contributed by atoms with Crippen LogP contribution in [0.5, 0.6) is 0 Å². The largest absolute Gasteiger partial charge is 0.450 e. The Hall–Kier alpha value is -3.35. The Balaban J connectivity index is 0.00000675. The molecule has 1 heterocycles. The van der Waals surface area contributed by atoms with Crippen LogP contribution in [0.4, 0.5) is 9.59 Å². The summed E-state index contributed by atoms with van der Waals surface area (Å²) in [6.07, 6.45) is -0.444. The maximum Gasteiger partial charge on any atom is 0.409 e. The number of amidine groups is 1. The molecule has 4 N–H and O–H groups in total. The fraction of sp³-hybridized carbons (Fsp3) is 0.516. The van der Waals surface area contributed by atoms with Gasteiger partial charge in [0.1, 0.15) is 5.84 Å². The first-order valence-corrected chi connectivity index (χ1v) is 16.3. The fourth-order valence-corrected chi connectivity index (χ4v) is 6.75. The zero-order valence-electron chi connectivity index (χ0n) is 26.7.